The number of esters is 1. The average molecular weight is 312 g/mol. The van der Waals surface area contributed by atoms with Crippen LogP contribution in [0.25, 0.3) is 0 Å². The topological polar surface area (TPSA) is 52.6 Å². The van der Waals surface area contributed by atoms with Gasteiger partial charge < -0.3 is 9.47 Å². The van der Waals surface area contributed by atoms with Gasteiger partial charge in [0.15, 0.2) is 5.78 Å². The van der Waals surface area contributed by atoms with Crippen molar-refractivity contribution in [2.75, 3.05) is 13.7 Å². The lowest BCUT2D eigenvalue weighted by Gasteiger charge is -2.12. The van der Waals surface area contributed by atoms with Gasteiger partial charge in [-0.2, -0.15) is 0 Å². The highest BCUT2D eigenvalue weighted by molar-refractivity contribution is 6.01. The van der Waals surface area contributed by atoms with Crippen LogP contribution >= 0.6 is 0 Å². The van der Waals surface area contributed by atoms with Crippen LogP contribution in [-0.2, 0) is 4.74 Å². The van der Waals surface area contributed by atoms with E-state index in [9.17, 15) is 9.59 Å². The summed E-state index contributed by atoms with van der Waals surface area (Å²) in [7, 11) is 1.59. The van der Waals surface area contributed by atoms with E-state index in [2.05, 4.69) is 0 Å². The normalized spacial score (nSPS) is 11.6. The Hall–Kier alpha value is -2.62. The van der Waals surface area contributed by atoms with Gasteiger partial charge in [-0.3, -0.25) is 4.79 Å². The Morgan fingerprint density at radius 2 is 1.52 bits per heavy atom. The van der Waals surface area contributed by atoms with Gasteiger partial charge in [0.2, 0.25) is 0 Å². The van der Waals surface area contributed by atoms with Crippen molar-refractivity contribution >= 4 is 11.8 Å². The van der Waals surface area contributed by atoms with Gasteiger partial charge in [0.05, 0.1) is 19.3 Å². The van der Waals surface area contributed by atoms with Crippen molar-refractivity contribution in [3.05, 3.63) is 65.2 Å². The average Bonchev–Trinajstić information content (AvgIpc) is 2.61. The van der Waals surface area contributed by atoms with Crippen molar-refractivity contribution in [1.82, 2.24) is 0 Å². The Morgan fingerprint density at radius 3 is 2.04 bits per heavy atom. The summed E-state index contributed by atoms with van der Waals surface area (Å²) in [5.74, 6) is 0.0948. The number of benzene rings is 2. The molecule has 0 aliphatic carbocycles. The molecule has 120 valence electrons. The third-order valence-electron chi connectivity index (χ3n) is 3.69. The molecule has 0 N–H and O–H groups in total. The maximum Gasteiger partial charge on any atom is 0.338 e. The first-order valence-corrected chi connectivity index (χ1v) is 7.52. The van der Waals surface area contributed by atoms with E-state index < -0.39 is 0 Å². The molecule has 2 aromatic carbocycles. The summed E-state index contributed by atoms with van der Waals surface area (Å²) < 4.78 is 10.0. The van der Waals surface area contributed by atoms with Gasteiger partial charge in [0, 0.05) is 11.5 Å². The Morgan fingerprint density at radius 1 is 0.957 bits per heavy atom. The summed E-state index contributed by atoms with van der Waals surface area (Å²) in [5, 5.41) is 0. The number of ketones is 1. The van der Waals surface area contributed by atoms with E-state index in [-0.39, 0.29) is 17.7 Å². The smallest absolute Gasteiger partial charge is 0.338 e. The lowest BCUT2D eigenvalue weighted by atomic mass is 9.92. The van der Waals surface area contributed by atoms with Crippen LogP contribution in [0.1, 0.15) is 46.0 Å². The summed E-state index contributed by atoms with van der Waals surface area (Å²) in [4.78, 5) is 24.2. The predicted octanol–water partition coefficient (Wildman–Crippen LogP) is 3.86. The van der Waals surface area contributed by atoms with Crippen LogP contribution in [0.4, 0.5) is 0 Å². The second kappa shape index (κ2) is 7.58. The van der Waals surface area contributed by atoms with Crippen molar-refractivity contribution in [3.8, 4) is 5.75 Å². The van der Waals surface area contributed by atoms with Crippen LogP contribution in [-0.4, -0.2) is 25.5 Å². The summed E-state index contributed by atoms with van der Waals surface area (Å²) in [5.41, 5.74) is 1.98. The number of ether oxygens (including phenoxy) is 2. The molecule has 0 aromatic heterocycles. The van der Waals surface area contributed by atoms with Crippen LogP contribution in [0.2, 0.25) is 0 Å². The molecule has 0 saturated carbocycles. The van der Waals surface area contributed by atoms with Crippen LogP contribution in [0.15, 0.2) is 48.5 Å². The summed E-state index contributed by atoms with van der Waals surface area (Å²) >= 11 is 0. The number of Topliss-reactive ketones (excluding diaryl/α,β-unsaturated/α-hetero) is 1. The van der Waals surface area contributed by atoms with Crippen molar-refractivity contribution in [1.29, 1.82) is 0 Å². The quantitative estimate of drug-likeness (QED) is 0.600. The molecule has 0 spiro atoms. The molecule has 1 atom stereocenters. The molecule has 0 aliphatic heterocycles. The van der Waals surface area contributed by atoms with E-state index in [1.54, 1.807) is 62.6 Å². The molecule has 2 aromatic rings. The Bertz CT molecular complexity index is 672. The number of carbonyl (C=O) groups is 2. The molecule has 0 aliphatic rings. The third kappa shape index (κ3) is 3.97. The second-order valence-electron chi connectivity index (χ2n) is 5.16. The predicted molar refractivity (Wildman–Crippen MR) is 88.1 cm³/mol. The number of methoxy groups -OCH3 is 1. The zero-order chi connectivity index (χ0) is 16.8. The Kier molecular flexibility index (Phi) is 5.52. The zero-order valence-corrected chi connectivity index (χ0v) is 13.5. The molecule has 1 unspecified atom stereocenters. The maximum absolute atomic E-state index is 12.5. The minimum Gasteiger partial charge on any atom is -0.497 e. The molecule has 0 saturated heterocycles. The minimum absolute atomic E-state index is 0.0246. The van der Waals surface area contributed by atoms with Crippen molar-refractivity contribution in [3.63, 3.8) is 0 Å². The zero-order valence-electron chi connectivity index (χ0n) is 13.5. The van der Waals surface area contributed by atoms with E-state index in [0.29, 0.717) is 23.5 Å². The molecule has 0 heterocycles. The fraction of sp³-hybridized carbons (Fsp3) is 0.263. The number of carbonyl (C=O) groups excluding carboxylic acids is 2. The second-order valence-corrected chi connectivity index (χ2v) is 5.16. The lowest BCUT2D eigenvalue weighted by Crippen LogP contribution is -2.10. The summed E-state index contributed by atoms with van der Waals surface area (Å²) in [6, 6.07) is 14.0. The van der Waals surface area contributed by atoms with E-state index in [0.717, 1.165) is 5.56 Å². The van der Waals surface area contributed by atoms with Crippen molar-refractivity contribution < 1.29 is 19.1 Å². The highest BCUT2D eigenvalue weighted by Crippen LogP contribution is 2.22. The monoisotopic (exact) mass is 312 g/mol. The van der Waals surface area contributed by atoms with Crippen molar-refractivity contribution in [2.45, 2.75) is 19.8 Å². The molecule has 0 radical (unpaired) electrons. The molecule has 4 nitrogen and oxygen atoms in total. The standard InChI is InChI=1S/C19H20O4/c1-4-23-19(21)16-7-5-14(6-8-16)13(2)18(20)15-9-11-17(22-3)12-10-15/h5-13H,4H2,1-3H3. The van der Waals surface area contributed by atoms with E-state index in [1.807, 2.05) is 6.92 Å². The Balaban J connectivity index is 2.13. The fourth-order valence-corrected chi connectivity index (χ4v) is 2.28. The van der Waals surface area contributed by atoms with Crippen molar-refractivity contribution in [2.24, 2.45) is 0 Å². The molecule has 0 amide bonds. The van der Waals surface area contributed by atoms with E-state index >= 15 is 0 Å². The lowest BCUT2D eigenvalue weighted by molar-refractivity contribution is 0.0526. The molecular weight excluding hydrogens is 292 g/mol. The van der Waals surface area contributed by atoms with Crippen LogP contribution < -0.4 is 4.74 Å². The molecule has 0 bridgehead atoms. The first-order valence-electron chi connectivity index (χ1n) is 7.52. The first-order chi connectivity index (χ1) is 11.1. The van der Waals surface area contributed by atoms with Gasteiger partial charge in [-0.1, -0.05) is 19.1 Å². The Labute approximate surface area is 136 Å². The van der Waals surface area contributed by atoms with E-state index in [1.165, 1.54) is 0 Å². The van der Waals surface area contributed by atoms with Crippen LogP contribution in [0, 0.1) is 0 Å². The molecule has 0 fully saturated rings. The largest absolute Gasteiger partial charge is 0.497 e. The highest BCUT2D eigenvalue weighted by Gasteiger charge is 2.18. The van der Waals surface area contributed by atoms with Gasteiger partial charge >= 0.3 is 5.97 Å². The van der Waals surface area contributed by atoms with E-state index in [4.69, 9.17) is 9.47 Å². The summed E-state index contributed by atoms with van der Waals surface area (Å²) in [6.45, 7) is 3.96. The molecule has 23 heavy (non-hydrogen) atoms. The molecule has 4 heteroatoms. The number of hydrogen-bond acceptors (Lipinski definition) is 4. The number of rotatable bonds is 6. The molecule has 2 rings (SSSR count). The van der Waals surface area contributed by atoms with Gasteiger partial charge in [-0.05, 0) is 48.9 Å². The molecular formula is C19H20O4. The van der Waals surface area contributed by atoms with Gasteiger partial charge in [-0.25, -0.2) is 4.79 Å². The third-order valence-corrected chi connectivity index (χ3v) is 3.69. The van der Waals surface area contributed by atoms with Gasteiger partial charge in [0.1, 0.15) is 5.75 Å². The van der Waals surface area contributed by atoms with Crippen LogP contribution in [0.5, 0.6) is 5.75 Å². The van der Waals surface area contributed by atoms with Gasteiger partial charge in [-0.15, -0.1) is 0 Å². The number of hydrogen-bond donors (Lipinski definition) is 0. The van der Waals surface area contributed by atoms with Crippen LogP contribution in [0.3, 0.4) is 0 Å². The fourth-order valence-electron chi connectivity index (χ4n) is 2.28. The maximum atomic E-state index is 12.5. The highest BCUT2D eigenvalue weighted by atomic mass is 16.5. The summed E-state index contributed by atoms with van der Waals surface area (Å²) in [6.07, 6.45) is 0. The van der Waals surface area contributed by atoms with Gasteiger partial charge in [0.25, 0.3) is 0 Å². The first kappa shape index (κ1) is 16.7. The minimum atomic E-state index is -0.354. The SMILES string of the molecule is CCOC(=O)c1ccc(C(C)C(=O)c2ccc(OC)cc2)cc1.